The quantitative estimate of drug-likeness (QED) is 0.761. The lowest BCUT2D eigenvalue weighted by molar-refractivity contribution is -0.122. The number of rotatable bonds is 8. The highest BCUT2D eigenvalue weighted by atomic mass is 35.5. The summed E-state index contributed by atoms with van der Waals surface area (Å²) in [5, 5.41) is 6.26. The number of benzene rings is 1. The third-order valence-corrected chi connectivity index (χ3v) is 3.61. The summed E-state index contributed by atoms with van der Waals surface area (Å²) in [5.41, 5.74) is 0.493. The van der Waals surface area contributed by atoms with E-state index in [1.54, 1.807) is 25.2 Å². The molecule has 0 aliphatic carbocycles. The van der Waals surface area contributed by atoms with Crippen LogP contribution in [-0.2, 0) is 9.59 Å². The van der Waals surface area contributed by atoms with E-state index in [0.29, 0.717) is 22.3 Å². The minimum Gasteiger partial charge on any atom is -0.358 e. The molecule has 0 radical (unpaired) electrons. The van der Waals surface area contributed by atoms with Crippen molar-refractivity contribution in [1.29, 1.82) is 0 Å². The maximum Gasteiger partial charge on any atom is 0.233 e. The fourth-order valence-electron chi connectivity index (χ4n) is 1.93. The van der Waals surface area contributed by atoms with Crippen LogP contribution in [0.1, 0.15) is 19.8 Å². The summed E-state index contributed by atoms with van der Waals surface area (Å²) in [5.74, 6) is -0.228. The lowest BCUT2D eigenvalue weighted by Crippen LogP contribution is -2.37. The minimum atomic E-state index is -0.165. The second-order valence-corrected chi connectivity index (χ2v) is 5.72. The van der Waals surface area contributed by atoms with Crippen LogP contribution >= 0.6 is 23.2 Å². The van der Waals surface area contributed by atoms with Crippen molar-refractivity contribution in [3.05, 3.63) is 28.2 Å². The van der Waals surface area contributed by atoms with Crippen LogP contribution in [0, 0.1) is 0 Å². The highest BCUT2D eigenvalue weighted by Crippen LogP contribution is 2.25. The summed E-state index contributed by atoms with van der Waals surface area (Å²) in [6, 6.07) is 4.90. The number of likely N-dealkylation sites (N-methyl/N-ethyl adjacent to an activating group) is 1. The molecule has 1 rings (SSSR count). The molecule has 0 atom stereocenters. The Morgan fingerprint density at radius 2 is 1.91 bits per heavy atom. The summed E-state index contributed by atoms with van der Waals surface area (Å²) in [7, 11) is 1.60. The van der Waals surface area contributed by atoms with Crippen LogP contribution in [0.15, 0.2) is 18.2 Å². The first-order valence-electron chi connectivity index (χ1n) is 7.14. The number of carbonyl (C=O) groups excluding carboxylic acids is 2. The molecular weight excluding hydrogens is 325 g/mol. The smallest absolute Gasteiger partial charge is 0.233 e. The van der Waals surface area contributed by atoms with Gasteiger partial charge in [-0.3, -0.25) is 14.5 Å². The molecule has 0 spiro atoms. The topological polar surface area (TPSA) is 61.4 Å². The van der Waals surface area contributed by atoms with Crippen molar-refractivity contribution < 1.29 is 9.59 Å². The van der Waals surface area contributed by atoms with Crippen LogP contribution in [0.5, 0.6) is 0 Å². The minimum absolute atomic E-state index is 0.0632. The van der Waals surface area contributed by atoms with E-state index in [9.17, 15) is 9.59 Å². The van der Waals surface area contributed by atoms with E-state index in [0.717, 1.165) is 13.0 Å². The molecule has 0 aliphatic rings. The van der Waals surface area contributed by atoms with E-state index in [4.69, 9.17) is 23.2 Å². The molecule has 0 fully saturated rings. The molecule has 5 nitrogen and oxygen atoms in total. The molecule has 0 aliphatic heterocycles. The Balaban J connectivity index is 2.52. The number of hydrogen-bond acceptors (Lipinski definition) is 3. The largest absolute Gasteiger partial charge is 0.358 e. The van der Waals surface area contributed by atoms with Crippen molar-refractivity contribution >= 4 is 40.7 Å². The van der Waals surface area contributed by atoms with E-state index in [1.165, 1.54) is 0 Å². The van der Waals surface area contributed by atoms with Gasteiger partial charge in [-0.15, -0.1) is 0 Å². The zero-order valence-corrected chi connectivity index (χ0v) is 14.3. The van der Waals surface area contributed by atoms with Crippen LogP contribution in [0.2, 0.25) is 10.0 Å². The van der Waals surface area contributed by atoms with E-state index in [-0.39, 0.29) is 24.8 Å². The van der Waals surface area contributed by atoms with E-state index in [2.05, 4.69) is 10.6 Å². The maximum absolute atomic E-state index is 12.0. The van der Waals surface area contributed by atoms with Gasteiger partial charge in [-0.2, -0.15) is 0 Å². The van der Waals surface area contributed by atoms with Gasteiger partial charge in [0.05, 0.1) is 17.3 Å². The van der Waals surface area contributed by atoms with Crippen LogP contribution in [0.25, 0.3) is 0 Å². The first-order valence-corrected chi connectivity index (χ1v) is 7.89. The fraction of sp³-hybridized carbons (Fsp3) is 0.467. The van der Waals surface area contributed by atoms with Crippen molar-refractivity contribution in [3.63, 3.8) is 0 Å². The van der Waals surface area contributed by atoms with Crippen LogP contribution in [0.3, 0.4) is 0 Å². The number of halogens is 2. The van der Waals surface area contributed by atoms with E-state index < -0.39 is 0 Å². The van der Waals surface area contributed by atoms with Gasteiger partial charge in [-0.05, 0) is 31.2 Å². The van der Waals surface area contributed by atoms with Gasteiger partial charge in [-0.1, -0.05) is 30.1 Å². The van der Waals surface area contributed by atoms with E-state index >= 15 is 0 Å². The van der Waals surface area contributed by atoms with Gasteiger partial charge >= 0.3 is 0 Å². The third-order valence-electron chi connectivity index (χ3n) is 3.04. The second-order valence-electron chi connectivity index (χ2n) is 4.87. The van der Waals surface area contributed by atoms with Crippen molar-refractivity contribution in [1.82, 2.24) is 10.2 Å². The first-order chi connectivity index (χ1) is 10.5. The molecule has 122 valence electrons. The van der Waals surface area contributed by atoms with Gasteiger partial charge in [-0.25, -0.2) is 0 Å². The normalized spacial score (nSPS) is 10.6. The highest BCUT2D eigenvalue weighted by Gasteiger charge is 2.12. The number of carbonyl (C=O) groups is 2. The average Bonchev–Trinajstić information content (AvgIpc) is 2.48. The van der Waals surface area contributed by atoms with Crippen LogP contribution in [0.4, 0.5) is 5.69 Å². The first kappa shape index (κ1) is 18.7. The highest BCUT2D eigenvalue weighted by molar-refractivity contribution is 6.35. The van der Waals surface area contributed by atoms with Gasteiger partial charge in [0, 0.05) is 25.0 Å². The molecule has 0 saturated heterocycles. The van der Waals surface area contributed by atoms with Gasteiger partial charge in [0.25, 0.3) is 0 Å². The van der Waals surface area contributed by atoms with Crippen molar-refractivity contribution in [3.8, 4) is 0 Å². The summed E-state index contributed by atoms with van der Waals surface area (Å²) in [6.45, 7) is 3.59. The molecule has 0 aromatic heterocycles. The fourth-order valence-corrected chi connectivity index (χ4v) is 2.27. The second kappa shape index (κ2) is 9.66. The molecule has 1 aromatic carbocycles. The summed E-state index contributed by atoms with van der Waals surface area (Å²) < 4.78 is 0. The van der Waals surface area contributed by atoms with Crippen molar-refractivity contribution in [2.75, 3.05) is 32.0 Å². The van der Waals surface area contributed by atoms with Crippen LogP contribution in [-0.4, -0.2) is 43.4 Å². The van der Waals surface area contributed by atoms with Crippen molar-refractivity contribution in [2.24, 2.45) is 0 Å². The Morgan fingerprint density at radius 3 is 2.55 bits per heavy atom. The Kier molecular flexibility index (Phi) is 8.24. The van der Waals surface area contributed by atoms with Gasteiger partial charge in [0.2, 0.25) is 11.8 Å². The Bertz CT molecular complexity index is 524. The third kappa shape index (κ3) is 6.64. The SMILES string of the molecule is CCCN(CCC(=O)Nc1cc(Cl)ccc1Cl)CC(=O)NC. The molecule has 7 heteroatoms. The lowest BCUT2D eigenvalue weighted by Gasteiger charge is -2.20. The molecule has 2 amide bonds. The Hall–Kier alpha value is -1.30. The van der Waals surface area contributed by atoms with Crippen molar-refractivity contribution in [2.45, 2.75) is 19.8 Å². The summed E-state index contributed by atoms with van der Waals surface area (Å²) in [6.07, 6.45) is 1.19. The van der Waals surface area contributed by atoms with Gasteiger partial charge in [0.1, 0.15) is 0 Å². The summed E-state index contributed by atoms with van der Waals surface area (Å²) >= 11 is 11.9. The monoisotopic (exact) mass is 345 g/mol. The molecule has 0 bridgehead atoms. The van der Waals surface area contributed by atoms with E-state index in [1.807, 2.05) is 11.8 Å². The molecule has 0 unspecified atom stereocenters. The predicted molar refractivity (Wildman–Crippen MR) is 90.5 cm³/mol. The molecule has 2 N–H and O–H groups in total. The molecule has 1 aromatic rings. The number of amides is 2. The molecule has 0 saturated carbocycles. The summed E-state index contributed by atoms with van der Waals surface area (Å²) in [4.78, 5) is 25.4. The number of nitrogens with one attached hydrogen (secondary N) is 2. The Labute approximate surface area is 141 Å². The zero-order valence-electron chi connectivity index (χ0n) is 12.8. The average molecular weight is 346 g/mol. The lowest BCUT2D eigenvalue weighted by atomic mass is 10.3. The molecular formula is C15H21Cl2N3O2. The number of nitrogens with zero attached hydrogens (tertiary/aromatic N) is 1. The molecule has 22 heavy (non-hydrogen) atoms. The zero-order chi connectivity index (χ0) is 16.5. The number of hydrogen-bond donors (Lipinski definition) is 2. The standard InChI is InChI=1S/C15H21Cl2N3O2/c1-3-7-20(10-15(22)18-2)8-6-14(21)19-13-9-11(16)4-5-12(13)17/h4-5,9H,3,6-8,10H2,1-2H3,(H,18,22)(H,19,21). The van der Waals surface area contributed by atoms with Gasteiger partial charge < -0.3 is 10.6 Å². The van der Waals surface area contributed by atoms with Gasteiger partial charge in [0.15, 0.2) is 0 Å². The Morgan fingerprint density at radius 1 is 1.18 bits per heavy atom. The maximum atomic E-state index is 12.0. The number of anilines is 1. The molecule has 0 heterocycles. The van der Waals surface area contributed by atoms with Crippen LogP contribution < -0.4 is 10.6 Å². The predicted octanol–water partition coefficient (Wildman–Crippen LogP) is 2.78.